The van der Waals surface area contributed by atoms with Gasteiger partial charge in [0.15, 0.2) is 0 Å². The molecule has 5 fully saturated rings. The third-order valence-electron chi connectivity index (χ3n) is 14.4. The van der Waals surface area contributed by atoms with Crippen LogP contribution in [0.25, 0.3) is 16.6 Å². The quantitative estimate of drug-likeness (QED) is 0.178. The van der Waals surface area contributed by atoms with Gasteiger partial charge in [-0.3, -0.25) is 33.5 Å². The van der Waals surface area contributed by atoms with Crippen molar-refractivity contribution in [1.82, 2.24) is 24.7 Å². The number of likely N-dealkylation sites (tertiary alicyclic amines) is 1. The molecule has 5 heterocycles. The molecule has 1 unspecified atom stereocenters. The van der Waals surface area contributed by atoms with Crippen LogP contribution in [-0.4, -0.2) is 81.9 Å². The number of aromatic nitrogens is 2. The van der Waals surface area contributed by atoms with E-state index in [0.29, 0.717) is 59.7 Å². The molecule has 59 heavy (non-hydrogen) atoms. The first-order chi connectivity index (χ1) is 28.1. The van der Waals surface area contributed by atoms with E-state index >= 15 is 4.39 Å². The molecule has 2 saturated carbocycles. The van der Waals surface area contributed by atoms with E-state index in [0.717, 1.165) is 81.5 Å². The molecule has 1 N–H and O–H groups in total. The summed E-state index contributed by atoms with van der Waals surface area (Å²) in [5.41, 5.74) is 4.92. The molecule has 0 radical (unpaired) electrons. The van der Waals surface area contributed by atoms with Crippen molar-refractivity contribution >= 4 is 45.9 Å². The van der Waals surface area contributed by atoms with Gasteiger partial charge in [0.25, 0.3) is 5.56 Å². The van der Waals surface area contributed by atoms with Gasteiger partial charge in [-0.05, 0) is 99.0 Å². The van der Waals surface area contributed by atoms with Crippen molar-refractivity contribution in [1.29, 1.82) is 0 Å². The maximum Gasteiger partial charge on any atom is 2.00 e. The molecule has 10 nitrogen and oxygen atoms in total. The molecule has 1 aromatic heterocycles. The standard InChI is InChI=1S/C46H48ClFN6O4.U/c1-27-26-52(20-21-53(27)37-12-9-30(24-36(37)48)33-10-13-40(55)49-42(33)56)44(58)31-22-32(23-31)51-18-14-28(15-19-51)29-8-11-34-39(25-29)54-38-7-5-6-35(47)41(38)43(57)50-45(54)46(34)16-3-2-4-17-46;/h5-9,11,24-25,27-28,31-33H,1-4,10,13-23,26H2,(H,49,55,56);/q-2;+2/t27-,31?,32?,33?;/m0./s1. The molecule has 10 rings (SSSR count). The van der Waals surface area contributed by atoms with Crippen LogP contribution < -0.4 is 15.8 Å². The van der Waals surface area contributed by atoms with Crippen LogP contribution >= 0.6 is 11.6 Å². The summed E-state index contributed by atoms with van der Waals surface area (Å²) >= 11 is 6.60. The molecule has 2 atom stereocenters. The second kappa shape index (κ2) is 16.0. The fraction of sp³-hybridized carbons (Fsp3) is 0.478. The van der Waals surface area contributed by atoms with E-state index in [2.05, 4.69) is 46.0 Å². The van der Waals surface area contributed by atoms with Gasteiger partial charge in [0.1, 0.15) is 5.82 Å². The Morgan fingerprint density at radius 3 is 2.47 bits per heavy atom. The number of carbonyl (C=O) groups excluding carboxylic acids is 3. The van der Waals surface area contributed by atoms with Crippen LogP contribution in [0, 0.1) is 55.8 Å². The number of nitrogens with one attached hydrogen (secondary N) is 1. The van der Waals surface area contributed by atoms with E-state index in [1.807, 2.05) is 21.9 Å². The van der Waals surface area contributed by atoms with E-state index in [-0.39, 0.29) is 72.3 Å². The second-order valence-electron chi connectivity index (χ2n) is 17.5. The molecule has 2 aliphatic carbocycles. The summed E-state index contributed by atoms with van der Waals surface area (Å²) in [6.07, 6.45) is 9.82. The summed E-state index contributed by atoms with van der Waals surface area (Å²) in [5, 5.41) is 3.26. The van der Waals surface area contributed by atoms with Crippen molar-refractivity contribution in [2.75, 3.05) is 37.6 Å². The minimum atomic E-state index is -0.576. The average molecular weight is 1040 g/mol. The van der Waals surface area contributed by atoms with Crippen molar-refractivity contribution in [3.8, 4) is 5.69 Å². The molecule has 6 aliphatic rings. The van der Waals surface area contributed by atoms with Gasteiger partial charge in [-0.1, -0.05) is 55.1 Å². The van der Waals surface area contributed by atoms with Gasteiger partial charge >= 0.3 is 31.1 Å². The maximum absolute atomic E-state index is 15.4. The Labute approximate surface area is 372 Å². The summed E-state index contributed by atoms with van der Waals surface area (Å²) in [7, 11) is 0. The maximum atomic E-state index is 15.4. The number of carbonyl (C=O) groups is 3. The molecule has 13 heteroatoms. The number of amides is 3. The Kier molecular flexibility index (Phi) is 11.1. The van der Waals surface area contributed by atoms with Crippen molar-refractivity contribution in [3.63, 3.8) is 0 Å². The monoisotopic (exact) mass is 1040 g/mol. The average Bonchev–Trinajstić information content (AvgIpc) is 3.45. The summed E-state index contributed by atoms with van der Waals surface area (Å²) in [6, 6.07) is 18.8. The molecule has 0 bridgehead atoms. The number of nitrogens with zero attached hydrogens (tertiary/aromatic N) is 5. The van der Waals surface area contributed by atoms with Crippen molar-refractivity contribution in [2.45, 2.75) is 100.0 Å². The molecule has 4 aliphatic heterocycles. The first kappa shape index (κ1) is 40.8. The minimum absolute atomic E-state index is 0. The van der Waals surface area contributed by atoms with Gasteiger partial charge in [-0.15, -0.1) is 11.6 Å². The smallest absolute Gasteiger partial charge is 0.414 e. The summed E-state index contributed by atoms with van der Waals surface area (Å²) in [6.45, 7) is 7.60. The first-order valence-corrected chi connectivity index (χ1v) is 21.5. The van der Waals surface area contributed by atoms with E-state index in [4.69, 9.17) is 16.6 Å². The predicted octanol–water partition coefficient (Wildman–Crippen LogP) is 6.57. The summed E-state index contributed by atoms with van der Waals surface area (Å²) in [4.78, 5) is 62.0. The molecule has 3 amide bonds. The molecule has 3 aromatic carbocycles. The van der Waals surface area contributed by atoms with Crippen molar-refractivity contribution in [3.05, 3.63) is 105 Å². The molecule has 304 valence electrons. The van der Waals surface area contributed by atoms with Gasteiger partial charge in [0, 0.05) is 49.7 Å². The van der Waals surface area contributed by atoms with Crippen LogP contribution in [-0.2, 0) is 19.8 Å². The zero-order valence-corrected chi connectivity index (χ0v) is 38.1. The Morgan fingerprint density at radius 2 is 1.75 bits per heavy atom. The van der Waals surface area contributed by atoms with Gasteiger partial charge in [0.05, 0.1) is 27.0 Å². The fourth-order valence-corrected chi connectivity index (χ4v) is 11.4. The molecular weight excluding hydrogens is 993 g/mol. The van der Waals surface area contributed by atoms with E-state index in [1.54, 1.807) is 12.1 Å². The second-order valence-corrected chi connectivity index (χ2v) is 17.9. The van der Waals surface area contributed by atoms with Crippen LogP contribution in [0.1, 0.15) is 105 Å². The Balaban J connectivity index is 0.00000449. The van der Waals surface area contributed by atoms with E-state index in [9.17, 15) is 19.2 Å². The number of fused-ring (bicyclic) bond motifs is 7. The largest absolute Gasteiger partial charge is 2.00 e. The molecule has 1 spiro atoms. The molecule has 3 saturated heterocycles. The zero-order chi connectivity index (χ0) is 39.9. The number of piperidine rings is 2. The van der Waals surface area contributed by atoms with Gasteiger partial charge < -0.3 is 21.6 Å². The van der Waals surface area contributed by atoms with Gasteiger partial charge in [-0.2, -0.15) is 17.1 Å². The van der Waals surface area contributed by atoms with Crippen LogP contribution in [0.2, 0.25) is 5.02 Å². The number of rotatable bonds is 5. The molecular formula is C46H48ClFN6O4U. The molecule has 4 aromatic rings. The van der Waals surface area contributed by atoms with Crippen LogP contribution in [0.4, 0.5) is 10.1 Å². The normalized spacial score (nSPS) is 25.6. The van der Waals surface area contributed by atoms with Crippen LogP contribution in [0.15, 0.2) is 53.3 Å². The predicted molar refractivity (Wildman–Crippen MR) is 220 cm³/mol. The number of hydrogen-bond donors (Lipinski definition) is 1. The number of piperazine rings is 1. The van der Waals surface area contributed by atoms with E-state index in [1.165, 1.54) is 23.6 Å². The number of halogens is 2. The number of benzene rings is 3. The number of imide groups is 1. The zero-order valence-electron chi connectivity index (χ0n) is 33.2. The van der Waals surface area contributed by atoms with Crippen LogP contribution in [0.3, 0.4) is 0 Å². The summed E-state index contributed by atoms with van der Waals surface area (Å²) < 4.78 is 17.6. The first-order valence-electron chi connectivity index (χ1n) is 21.1. The SMILES string of the molecule is [CH2-][C@H]1CN(C(=O)C2CC(N3CCC(c4ccc5c(c4)-n4c(nc(=O)c6c(Cl)cccc64)C54CCCCC4)CC3)C2)CCN1c1[c-]cc(C2CCC(=O)NC2=O)cc1F.[U+2]. The third kappa shape index (κ3) is 6.98. The van der Waals surface area contributed by atoms with Crippen LogP contribution in [0.5, 0.6) is 0 Å². The van der Waals surface area contributed by atoms with Crippen molar-refractivity contribution in [2.24, 2.45) is 5.92 Å². The van der Waals surface area contributed by atoms with E-state index < -0.39 is 17.6 Å². The third-order valence-corrected chi connectivity index (χ3v) is 14.7. The van der Waals surface area contributed by atoms with Gasteiger partial charge in [0.2, 0.25) is 17.7 Å². The number of anilines is 1. The topological polar surface area (TPSA) is 108 Å². The van der Waals surface area contributed by atoms with Gasteiger partial charge in [-0.25, -0.2) is 0 Å². The fourth-order valence-electron chi connectivity index (χ4n) is 11.2. The Morgan fingerprint density at radius 1 is 0.966 bits per heavy atom. The Bertz CT molecular complexity index is 2400. The minimum Gasteiger partial charge on any atom is -0.414 e. The summed E-state index contributed by atoms with van der Waals surface area (Å²) in [5.74, 6) is -0.317. The Hall–Kier alpha value is -3.56. The number of hydrogen-bond acceptors (Lipinski definition) is 7. The van der Waals surface area contributed by atoms with Crippen molar-refractivity contribution < 1.29 is 49.9 Å².